The molecule has 0 aromatic heterocycles. The molecule has 0 amide bonds. The highest BCUT2D eigenvalue weighted by molar-refractivity contribution is 5.89. The van der Waals surface area contributed by atoms with Gasteiger partial charge in [0.2, 0.25) is 0 Å². The number of benzene rings is 1. The first-order chi connectivity index (χ1) is 7.60. The van der Waals surface area contributed by atoms with E-state index in [1.807, 2.05) is 0 Å². The lowest BCUT2D eigenvalue weighted by atomic mass is 10.2. The molecule has 7 heteroatoms. The maximum absolute atomic E-state index is 13.2. The van der Waals surface area contributed by atoms with Gasteiger partial charge in [0.1, 0.15) is 17.3 Å². The van der Waals surface area contributed by atoms with E-state index in [0.717, 1.165) is 12.1 Å². The van der Waals surface area contributed by atoms with Crippen LogP contribution in [0.1, 0.15) is 17.3 Å². The van der Waals surface area contributed by atoms with E-state index >= 15 is 0 Å². The van der Waals surface area contributed by atoms with Crippen LogP contribution >= 0.6 is 0 Å². The highest BCUT2D eigenvalue weighted by Crippen LogP contribution is 2.24. The van der Waals surface area contributed by atoms with Crippen LogP contribution in [0.4, 0.5) is 14.5 Å². The van der Waals surface area contributed by atoms with Crippen LogP contribution in [0.5, 0.6) is 0 Å². The van der Waals surface area contributed by atoms with Gasteiger partial charge in [0.25, 0.3) is 0 Å². The second kappa shape index (κ2) is 5.09. The number of azide groups is 1. The Bertz CT molecular complexity index is 447. The fourth-order valence-electron chi connectivity index (χ4n) is 1.04. The van der Waals surface area contributed by atoms with Gasteiger partial charge in [0, 0.05) is 4.91 Å². The van der Waals surface area contributed by atoms with E-state index in [2.05, 4.69) is 14.8 Å². The predicted molar refractivity (Wildman–Crippen MR) is 51.1 cm³/mol. The Kier molecular flexibility index (Phi) is 3.79. The highest BCUT2D eigenvalue weighted by Gasteiger charge is 2.14. The Morgan fingerprint density at radius 2 is 2.06 bits per heavy atom. The van der Waals surface area contributed by atoms with Crippen LogP contribution in [0.3, 0.4) is 0 Å². The molecule has 0 N–H and O–H groups in total. The van der Waals surface area contributed by atoms with E-state index in [1.54, 1.807) is 6.92 Å². The zero-order valence-electron chi connectivity index (χ0n) is 8.28. The molecule has 0 bridgehead atoms. The molecule has 0 aliphatic carbocycles. The zero-order valence-corrected chi connectivity index (χ0v) is 8.28. The molecule has 0 fully saturated rings. The van der Waals surface area contributed by atoms with Gasteiger partial charge in [-0.05, 0) is 24.6 Å². The number of esters is 1. The number of carbonyl (C=O) groups is 1. The van der Waals surface area contributed by atoms with Gasteiger partial charge in [-0.25, -0.2) is 13.6 Å². The molecule has 1 rings (SSSR count). The topological polar surface area (TPSA) is 75.1 Å². The maximum Gasteiger partial charge on any atom is 0.338 e. The molecule has 5 nitrogen and oxygen atoms in total. The first kappa shape index (κ1) is 11.9. The zero-order chi connectivity index (χ0) is 12.1. The molecule has 84 valence electrons. The van der Waals surface area contributed by atoms with Crippen molar-refractivity contribution >= 4 is 11.7 Å². The van der Waals surface area contributed by atoms with Crippen molar-refractivity contribution in [1.82, 2.24) is 0 Å². The summed E-state index contributed by atoms with van der Waals surface area (Å²) in [5.74, 6) is -3.06. The van der Waals surface area contributed by atoms with E-state index in [-0.39, 0.29) is 12.2 Å². The summed E-state index contributed by atoms with van der Waals surface area (Å²) in [5.41, 5.74) is 7.03. The fourth-order valence-corrected chi connectivity index (χ4v) is 1.04. The van der Waals surface area contributed by atoms with Crippen LogP contribution in [0.2, 0.25) is 0 Å². The minimum Gasteiger partial charge on any atom is -0.462 e. The summed E-state index contributed by atoms with van der Waals surface area (Å²) in [7, 11) is 0. The number of hydrogen-bond acceptors (Lipinski definition) is 3. The summed E-state index contributed by atoms with van der Waals surface area (Å²) in [6.07, 6.45) is 0. The summed E-state index contributed by atoms with van der Waals surface area (Å²) in [6.45, 7) is 1.67. The first-order valence-corrected chi connectivity index (χ1v) is 4.31. The molecule has 16 heavy (non-hydrogen) atoms. The molecule has 0 radical (unpaired) electrons. The lowest BCUT2D eigenvalue weighted by molar-refractivity contribution is 0.0525. The van der Waals surface area contributed by atoms with E-state index in [0.29, 0.717) is 0 Å². The van der Waals surface area contributed by atoms with Gasteiger partial charge in [-0.2, -0.15) is 0 Å². The van der Waals surface area contributed by atoms with Crippen LogP contribution in [0, 0.1) is 11.6 Å². The minimum absolute atomic E-state index is 0.0974. The molecule has 0 spiro atoms. The Hall–Kier alpha value is -2.14. The standard InChI is InChI=1S/C9H7F2N3O2/c1-2-16-9(15)5-3-6(10)8(13-14-12)7(11)4-5/h3-4H,2H2,1H3. The van der Waals surface area contributed by atoms with Crippen molar-refractivity contribution in [1.29, 1.82) is 0 Å². The summed E-state index contributed by atoms with van der Waals surface area (Å²) in [5, 5.41) is 2.83. The van der Waals surface area contributed by atoms with Crippen LogP contribution in [0.15, 0.2) is 17.2 Å². The number of halogens is 2. The summed E-state index contributed by atoms with van der Waals surface area (Å²) < 4.78 is 30.9. The van der Waals surface area contributed by atoms with Gasteiger partial charge in [-0.1, -0.05) is 5.11 Å². The third kappa shape index (κ3) is 2.46. The lowest BCUT2D eigenvalue weighted by Crippen LogP contribution is -2.05. The monoisotopic (exact) mass is 227 g/mol. The molecule has 1 aromatic rings. The summed E-state index contributed by atoms with van der Waals surface area (Å²) in [6, 6.07) is 1.51. The third-order valence-electron chi connectivity index (χ3n) is 1.67. The number of nitrogens with zero attached hydrogens (tertiary/aromatic N) is 3. The molecule has 0 saturated heterocycles. The van der Waals surface area contributed by atoms with Gasteiger partial charge in [-0.15, -0.1) is 0 Å². The average molecular weight is 227 g/mol. The van der Waals surface area contributed by atoms with Crippen molar-refractivity contribution < 1.29 is 18.3 Å². The molecule has 0 aliphatic heterocycles. The molecule has 0 unspecified atom stereocenters. The largest absolute Gasteiger partial charge is 0.462 e. The first-order valence-electron chi connectivity index (χ1n) is 4.31. The van der Waals surface area contributed by atoms with Crippen LogP contribution < -0.4 is 0 Å². The molecule has 1 aromatic carbocycles. The number of hydrogen-bond donors (Lipinski definition) is 0. The maximum atomic E-state index is 13.2. The molecule has 0 heterocycles. The summed E-state index contributed by atoms with van der Waals surface area (Å²) in [4.78, 5) is 13.4. The van der Waals surface area contributed by atoms with Crippen LogP contribution in [-0.2, 0) is 4.74 Å². The summed E-state index contributed by atoms with van der Waals surface area (Å²) >= 11 is 0. The van der Waals surface area contributed by atoms with Crippen molar-refractivity contribution in [3.8, 4) is 0 Å². The second-order valence-corrected chi connectivity index (χ2v) is 2.70. The Morgan fingerprint density at radius 3 is 2.50 bits per heavy atom. The molecular weight excluding hydrogens is 220 g/mol. The normalized spacial score (nSPS) is 9.44. The van der Waals surface area contributed by atoms with Crippen molar-refractivity contribution in [2.24, 2.45) is 5.11 Å². The second-order valence-electron chi connectivity index (χ2n) is 2.70. The Morgan fingerprint density at radius 1 is 1.50 bits per heavy atom. The average Bonchev–Trinajstić information content (AvgIpc) is 2.23. The van der Waals surface area contributed by atoms with Crippen molar-refractivity contribution in [2.75, 3.05) is 6.61 Å². The van der Waals surface area contributed by atoms with Crippen molar-refractivity contribution in [2.45, 2.75) is 6.92 Å². The van der Waals surface area contributed by atoms with E-state index in [9.17, 15) is 13.6 Å². The molecule has 0 saturated carbocycles. The lowest BCUT2D eigenvalue weighted by Gasteiger charge is -2.03. The number of rotatable bonds is 3. The van der Waals surface area contributed by atoms with Gasteiger partial charge in [-0.3, -0.25) is 0 Å². The minimum atomic E-state index is -1.11. The predicted octanol–water partition coefficient (Wildman–Crippen LogP) is 3.08. The van der Waals surface area contributed by atoms with E-state index in [1.165, 1.54) is 0 Å². The fraction of sp³-hybridized carbons (Fsp3) is 0.222. The Labute approximate surface area is 89.3 Å². The van der Waals surface area contributed by atoms with E-state index < -0.39 is 23.3 Å². The van der Waals surface area contributed by atoms with Crippen LogP contribution in [0.25, 0.3) is 10.4 Å². The quantitative estimate of drug-likeness (QED) is 0.344. The van der Waals surface area contributed by atoms with Crippen molar-refractivity contribution in [3.63, 3.8) is 0 Å². The highest BCUT2D eigenvalue weighted by atomic mass is 19.1. The van der Waals surface area contributed by atoms with Crippen molar-refractivity contribution in [3.05, 3.63) is 39.8 Å². The van der Waals surface area contributed by atoms with Gasteiger partial charge in [0.05, 0.1) is 12.2 Å². The molecular formula is C9H7F2N3O2. The number of carbonyl (C=O) groups excluding carboxylic acids is 1. The number of ether oxygens (including phenoxy) is 1. The Balaban J connectivity index is 3.19. The van der Waals surface area contributed by atoms with Gasteiger partial charge < -0.3 is 4.74 Å². The smallest absolute Gasteiger partial charge is 0.338 e. The van der Waals surface area contributed by atoms with Gasteiger partial charge in [0.15, 0.2) is 0 Å². The van der Waals surface area contributed by atoms with Gasteiger partial charge >= 0.3 is 5.97 Å². The van der Waals surface area contributed by atoms with Crippen LogP contribution in [-0.4, -0.2) is 12.6 Å². The van der Waals surface area contributed by atoms with E-state index in [4.69, 9.17) is 5.53 Å². The molecule has 0 aliphatic rings. The third-order valence-corrected chi connectivity index (χ3v) is 1.67. The molecule has 0 atom stereocenters. The SMILES string of the molecule is CCOC(=O)c1cc(F)c(N=[N+]=[N-])c(F)c1.